The van der Waals surface area contributed by atoms with Gasteiger partial charge in [-0.3, -0.25) is 0 Å². The van der Waals surface area contributed by atoms with Crippen LogP contribution in [0.25, 0.3) is 55.6 Å². The zero-order chi connectivity index (χ0) is 49.9. The van der Waals surface area contributed by atoms with Gasteiger partial charge in [0.15, 0.2) is 0 Å². The third-order valence-corrected chi connectivity index (χ3v) is 14.4. The number of para-hydroxylation sites is 2. The van der Waals surface area contributed by atoms with E-state index in [0.29, 0.717) is 0 Å². The quantitative estimate of drug-likeness (QED) is 0.135. The molecular formula is C70H64N2. The monoisotopic (exact) mass is 933 g/mol. The number of anilines is 6. The molecule has 0 heterocycles. The number of benzene rings is 10. The van der Waals surface area contributed by atoms with Crippen molar-refractivity contribution in [2.45, 2.75) is 67.2 Å². The molecule has 0 saturated carbocycles. The normalized spacial score (nSPS) is 12.1. The van der Waals surface area contributed by atoms with Crippen LogP contribution in [0.4, 0.5) is 34.1 Å². The van der Waals surface area contributed by atoms with E-state index in [9.17, 15) is 0 Å². The minimum atomic E-state index is -0.0877. The first-order chi connectivity index (χ1) is 35.0. The Hall–Kier alpha value is -8.20. The highest BCUT2D eigenvalue weighted by Gasteiger charge is 2.35. The molecule has 0 amide bonds. The van der Waals surface area contributed by atoms with E-state index >= 15 is 0 Å². The lowest BCUT2D eigenvalue weighted by atomic mass is 9.82. The Kier molecular flexibility index (Phi) is 13.4. The Morgan fingerprint density at radius 3 is 1.14 bits per heavy atom. The molecule has 11 rings (SSSR count). The summed E-state index contributed by atoms with van der Waals surface area (Å²) in [7, 11) is 0. The maximum atomic E-state index is 2.41. The number of hydrogen-bond donors (Lipinski definition) is 0. The second-order valence-electron chi connectivity index (χ2n) is 19.9. The molecule has 0 N–H and O–H groups in total. The van der Waals surface area contributed by atoms with Gasteiger partial charge in [0.2, 0.25) is 0 Å². The largest absolute Gasteiger partial charge is 0.310 e. The van der Waals surface area contributed by atoms with Gasteiger partial charge in [0.25, 0.3) is 0 Å². The average molecular weight is 933 g/mol. The summed E-state index contributed by atoms with van der Waals surface area (Å²) in [5.74, 6) is 0. The van der Waals surface area contributed by atoms with Crippen LogP contribution in [0, 0.1) is 27.7 Å². The summed E-state index contributed by atoms with van der Waals surface area (Å²) >= 11 is 0. The summed E-state index contributed by atoms with van der Waals surface area (Å²) in [6, 6.07) is 84.6. The van der Waals surface area contributed by atoms with Crippen LogP contribution in [-0.2, 0) is 5.41 Å². The van der Waals surface area contributed by atoms with Gasteiger partial charge in [-0.15, -0.1) is 0 Å². The fraction of sp³-hybridized carbons (Fsp3) is 0.143. The van der Waals surface area contributed by atoms with Gasteiger partial charge in [0, 0.05) is 39.5 Å². The summed E-state index contributed by atoms with van der Waals surface area (Å²) in [6.07, 6.45) is 1.25. The zero-order valence-corrected chi connectivity index (χ0v) is 43.0. The summed E-state index contributed by atoms with van der Waals surface area (Å²) in [5, 5.41) is 0. The molecule has 0 saturated heterocycles. The van der Waals surface area contributed by atoms with Crippen LogP contribution >= 0.6 is 0 Å². The van der Waals surface area contributed by atoms with Crippen molar-refractivity contribution >= 4 is 34.1 Å². The predicted octanol–water partition coefficient (Wildman–Crippen LogP) is 20.3. The molecule has 10 aromatic carbocycles. The second-order valence-corrected chi connectivity index (χ2v) is 19.9. The van der Waals surface area contributed by atoms with Crippen molar-refractivity contribution < 1.29 is 0 Å². The number of fused-ring (bicyclic) bond motifs is 3. The van der Waals surface area contributed by atoms with Gasteiger partial charge in [-0.1, -0.05) is 192 Å². The molecule has 0 aliphatic heterocycles. The number of hydrogen-bond acceptors (Lipinski definition) is 2. The molecular weight excluding hydrogens is 869 g/mol. The van der Waals surface area contributed by atoms with Crippen LogP contribution in [0.3, 0.4) is 0 Å². The van der Waals surface area contributed by atoms with Crippen LogP contribution < -0.4 is 9.80 Å². The molecule has 0 spiro atoms. The Bertz CT molecular complexity index is 3550. The summed E-state index contributed by atoms with van der Waals surface area (Å²) in [4.78, 5) is 4.76. The van der Waals surface area contributed by atoms with Gasteiger partial charge < -0.3 is 9.80 Å². The molecule has 1 aliphatic carbocycles. The smallest absolute Gasteiger partial charge is 0.0467 e. The molecule has 0 bridgehead atoms. The Labute approximate surface area is 428 Å². The first kappa shape index (κ1) is 47.5. The number of aryl methyl sites for hydroxylation is 4. The van der Waals surface area contributed by atoms with E-state index < -0.39 is 0 Å². The molecule has 0 unspecified atom stereocenters. The Balaban J connectivity index is 0.00000194. The van der Waals surface area contributed by atoms with E-state index in [1.54, 1.807) is 0 Å². The highest BCUT2D eigenvalue weighted by atomic mass is 15.1. The van der Waals surface area contributed by atoms with Crippen molar-refractivity contribution in [2.24, 2.45) is 0 Å². The van der Waals surface area contributed by atoms with Crippen molar-refractivity contribution in [2.75, 3.05) is 9.80 Å². The van der Waals surface area contributed by atoms with E-state index in [1.807, 2.05) is 0 Å². The Morgan fingerprint density at radius 1 is 0.278 bits per heavy atom. The fourth-order valence-corrected chi connectivity index (χ4v) is 10.8. The van der Waals surface area contributed by atoms with E-state index in [4.69, 9.17) is 0 Å². The molecule has 0 radical (unpaired) electrons. The first-order valence-electron chi connectivity index (χ1n) is 25.6. The molecule has 72 heavy (non-hydrogen) atoms. The minimum absolute atomic E-state index is 0.0877. The first-order valence-corrected chi connectivity index (χ1v) is 25.6. The van der Waals surface area contributed by atoms with E-state index in [-0.39, 0.29) is 5.41 Å². The van der Waals surface area contributed by atoms with Crippen LogP contribution in [0.5, 0.6) is 0 Å². The van der Waals surface area contributed by atoms with Crippen molar-refractivity contribution in [3.63, 3.8) is 0 Å². The van der Waals surface area contributed by atoms with Gasteiger partial charge in [0.1, 0.15) is 0 Å². The molecule has 10 aromatic rings. The van der Waals surface area contributed by atoms with Gasteiger partial charge in [-0.2, -0.15) is 0 Å². The van der Waals surface area contributed by atoms with Crippen LogP contribution in [0.2, 0.25) is 0 Å². The maximum absolute atomic E-state index is 2.41. The standard InChI is InChI=1S/C67H56N2.C3H8/c1-45-19-13-14-28-59(45)62-37-33-57(41-48(62)4)68(53-22-9-7-10-23-53)55-26-17-20-49(42-55)51-31-35-60(46(2)39-51)61-36-32-52(40-47(61)3)50-21-18-27-56(43-50)69(54-24-11-8-12-25-54)58-34-38-64-63-29-15-16-30-65(63)67(5,6)66(64)44-58;1-3-2/h7-44H,1-6H3;3H2,1-2H3. The van der Waals surface area contributed by atoms with E-state index in [2.05, 4.69) is 296 Å². The predicted molar refractivity (Wildman–Crippen MR) is 310 cm³/mol. The third kappa shape index (κ3) is 9.17. The third-order valence-electron chi connectivity index (χ3n) is 14.4. The van der Waals surface area contributed by atoms with Crippen molar-refractivity contribution in [1.82, 2.24) is 0 Å². The van der Waals surface area contributed by atoms with Crippen molar-refractivity contribution in [3.8, 4) is 55.6 Å². The number of nitrogens with zero attached hydrogens (tertiary/aromatic N) is 2. The highest BCUT2D eigenvalue weighted by molar-refractivity contribution is 5.88. The molecule has 2 nitrogen and oxygen atoms in total. The highest BCUT2D eigenvalue weighted by Crippen LogP contribution is 2.51. The summed E-state index contributed by atoms with van der Waals surface area (Å²) < 4.78 is 0. The van der Waals surface area contributed by atoms with Crippen LogP contribution in [0.15, 0.2) is 231 Å². The van der Waals surface area contributed by atoms with Gasteiger partial charge in [-0.25, -0.2) is 0 Å². The molecule has 0 atom stereocenters. The molecule has 1 aliphatic rings. The molecule has 0 fully saturated rings. The molecule has 2 heteroatoms. The van der Waals surface area contributed by atoms with Crippen LogP contribution in [0.1, 0.15) is 67.5 Å². The minimum Gasteiger partial charge on any atom is -0.310 e. The molecule has 354 valence electrons. The SMILES string of the molecule is CCC.Cc1ccccc1-c1ccc(N(c2ccccc2)c2cccc(-c3ccc(-c4ccc(-c5cccc(N(c6ccccc6)c6ccc7c(c6)C(C)(C)c6ccccc6-7)c5)cc4C)c(C)c3)c2)cc1C. The lowest BCUT2D eigenvalue weighted by Gasteiger charge is -2.28. The van der Waals surface area contributed by atoms with Crippen molar-refractivity contribution in [1.29, 1.82) is 0 Å². The van der Waals surface area contributed by atoms with E-state index in [0.717, 1.165) is 34.1 Å². The summed E-state index contributed by atoms with van der Waals surface area (Å²) in [6.45, 7) is 17.8. The molecule has 0 aromatic heterocycles. The van der Waals surface area contributed by atoms with Crippen molar-refractivity contribution in [3.05, 3.63) is 264 Å². The lowest BCUT2D eigenvalue weighted by Crippen LogP contribution is -2.16. The average Bonchev–Trinajstić information content (AvgIpc) is 3.63. The number of rotatable bonds is 10. The van der Waals surface area contributed by atoms with Gasteiger partial charge in [-0.05, 0) is 190 Å². The second kappa shape index (κ2) is 20.3. The fourth-order valence-electron chi connectivity index (χ4n) is 10.8. The van der Waals surface area contributed by atoms with E-state index in [1.165, 1.54) is 95.4 Å². The topological polar surface area (TPSA) is 6.48 Å². The lowest BCUT2D eigenvalue weighted by molar-refractivity contribution is 0.660. The summed E-state index contributed by atoms with van der Waals surface area (Å²) in [5.41, 5.74) is 27.0. The van der Waals surface area contributed by atoms with Crippen LogP contribution in [-0.4, -0.2) is 0 Å². The van der Waals surface area contributed by atoms with Gasteiger partial charge >= 0.3 is 0 Å². The Morgan fingerprint density at radius 2 is 0.639 bits per heavy atom. The zero-order valence-electron chi connectivity index (χ0n) is 43.0. The van der Waals surface area contributed by atoms with Gasteiger partial charge in [0.05, 0.1) is 0 Å². The maximum Gasteiger partial charge on any atom is 0.0467 e.